The Hall–Kier alpha value is -0.520. The molecule has 0 aromatic rings. The largest absolute Gasteiger partial charge is 0.481 e. The molecule has 6 aliphatic rings. The van der Waals surface area contributed by atoms with Crippen molar-refractivity contribution in [1.29, 1.82) is 0 Å². The number of nitrogens with one attached hydrogen (secondary N) is 1. The first kappa shape index (κ1) is 35.3. The number of nitrogens with zero attached hydrogens (tertiary/aromatic N) is 1. The molecule has 4 nitrogen and oxygen atoms in total. The van der Waals surface area contributed by atoms with Crippen LogP contribution in [-0.4, -0.2) is 59.2 Å². The number of rotatable bonds is 10. The van der Waals surface area contributed by atoms with Gasteiger partial charge in [0.25, 0.3) is 0 Å². The third kappa shape index (κ3) is 5.88. The fourth-order valence-electron chi connectivity index (χ4n) is 13.8. The number of carboxylic acid groups (broad SMARTS) is 1. The molecule has 46 heavy (non-hydrogen) atoms. The number of aliphatic carboxylic acids is 1. The van der Waals surface area contributed by atoms with Crippen LogP contribution in [0.5, 0.6) is 0 Å². The van der Waals surface area contributed by atoms with Crippen molar-refractivity contribution in [1.82, 2.24) is 10.2 Å². The fraction of sp³-hybridized carbons (Fsp3) is 0.927. The van der Waals surface area contributed by atoms with Gasteiger partial charge in [-0.05, 0) is 154 Å². The van der Waals surface area contributed by atoms with Gasteiger partial charge >= 0.3 is 5.97 Å². The maximum Gasteiger partial charge on any atom is 0.303 e. The molecule has 262 valence electrons. The second kappa shape index (κ2) is 12.7. The highest BCUT2D eigenvalue weighted by molar-refractivity contribution is 7.99. The predicted molar refractivity (Wildman–Crippen MR) is 195 cm³/mol. The number of carboxylic acids is 1. The predicted octanol–water partition coefficient (Wildman–Crippen LogP) is 9.83. The molecule has 6 rings (SSSR count). The third-order valence-electron chi connectivity index (χ3n) is 16.6. The van der Waals surface area contributed by atoms with Gasteiger partial charge in [-0.1, -0.05) is 66.5 Å². The van der Waals surface area contributed by atoms with Gasteiger partial charge in [-0.3, -0.25) is 4.79 Å². The number of hydrogen-bond donors (Lipinski definition) is 2. The number of thioether (sulfide) groups is 1. The zero-order valence-corrected chi connectivity index (χ0v) is 31.9. The highest BCUT2D eigenvalue weighted by Crippen LogP contribution is 2.76. The Morgan fingerprint density at radius 1 is 0.935 bits per heavy atom. The Labute approximate surface area is 287 Å². The topological polar surface area (TPSA) is 52.6 Å². The van der Waals surface area contributed by atoms with Gasteiger partial charge in [0.2, 0.25) is 0 Å². The van der Waals surface area contributed by atoms with E-state index in [4.69, 9.17) is 0 Å². The van der Waals surface area contributed by atoms with E-state index in [1.807, 2.05) is 0 Å². The molecular formula is C41H70N2O2S. The van der Waals surface area contributed by atoms with Gasteiger partial charge < -0.3 is 15.3 Å². The van der Waals surface area contributed by atoms with E-state index in [9.17, 15) is 9.90 Å². The van der Waals surface area contributed by atoms with Crippen LogP contribution in [0.2, 0.25) is 0 Å². The highest BCUT2D eigenvalue weighted by Gasteiger charge is 2.69. The minimum atomic E-state index is -0.666. The summed E-state index contributed by atoms with van der Waals surface area (Å²) in [5, 5.41) is 14.7. The zero-order chi connectivity index (χ0) is 33.2. The number of hydrogen-bond acceptors (Lipinski definition) is 4. The van der Waals surface area contributed by atoms with E-state index in [0.717, 1.165) is 41.8 Å². The molecule has 1 heterocycles. The van der Waals surface area contributed by atoms with Crippen molar-refractivity contribution in [2.24, 2.45) is 50.7 Å². The molecule has 8 atom stereocenters. The molecular weight excluding hydrogens is 585 g/mol. The van der Waals surface area contributed by atoms with Crippen LogP contribution in [0.15, 0.2) is 11.6 Å². The first-order valence-electron chi connectivity index (χ1n) is 19.5. The number of likely N-dealkylation sites (tertiary alicyclic amines) is 1. The van der Waals surface area contributed by atoms with Gasteiger partial charge in [-0.25, -0.2) is 0 Å². The minimum Gasteiger partial charge on any atom is -0.481 e. The molecule has 2 N–H and O–H groups in total. The van der Waals surface area contributed by atoms with Gasteiger partial charge in [0.1, 0.15) is 0 Å². The SMILES string of the molecule is CSC1CCN(CCNC23CCC[C@@H]2C2CCC4C5(C)CC=C(CCC(C)(C)CC(=O)O)C(C)(C)C5CCC4(C)[C@]2(C)CC3)CC1. The van der Waals surface area contributed by atoms with Crippen molar-refractivity contribution >= 4 is 17.7 Å². The van der Waals surface area contributed by atoms with E-state index in [1.165, 1.54) is 103 Å². The van der Waals surface area contributed by atoms with Crippen LogP contribution in [0.3, 0.4) is 0 Å². The minimum absolute atomic E-state index is 0.155. The molecule has 5 heteroatoms. The maximum absolute atomic E-state index is 11.5. The Morgan fingerprint density at radius 2 is 1.67 bits per heavy atom. The van der Waals surface area contributed by atoms with E-state index < -0.39 is 5.97 Å². The van der Waals surface area contributed by atoms with Gasteiger partial charge in [0.05, 0.1) is 6.42 Å². The van der Waals surface area contributed by atoms with Crippen LogP contribution >= 0.6 is 11.8 Å². The number of allylic oxidation sites excluding steroid dienone is 2. The molecule has 0 aromatic heterocycles. The molecule has 0 spiro atoms. The van der Waals surface area contributed by atoms with Gasteiger partial charge in [-0.2, -0.15) is 11.8 Å². The number of carbonyl (C=O) groups is 1. The fourth-order valence-corrected chi connectivity index (χ4v) is 14.4. The molecule has 0 radical (unpaired) electrons. The number of piperidine rings is 1. The summed E-state index contributed by atoms with van der Waals surface area (Å²) in [6, 6.07) is 0. The third-order valence-corrected chi connectivity index (χ3v) is 17.7. The van der Waals surface area contributed by atoms with Gasteiger partial charge in [0.15, 0.2) is 0 Å². The summed E-state index contributed by atoms with van der Waals surface area (Å²) in [4.78, 5) is 14.2. The lowest BCUT2D eigenvalue weighted by Gasteiger charge is -2.72. The van der Waals surface area contributed by atoms with Crippen molar-refractivity contribution in [3.8, 4) is 0 Å². The monoisotopic (exact) mass is 655 g/mol. The summed E-state index contributed by atoms with van der Waals surface area (Å²) >= 11 is 2.07. The van der Waals surface area contributed by atoms with Crippen LogP contribution in [0.1, 0.15) is 145 Å². The lowest BCUT2D eigenvalue weighted by Crippen LogP contribution is -2.67. The van der Waals surface area contributed by atoms with Crippen LogP contribution in [0.25, 0.3) is 0 Å². The Bertz CT molecular complexity index is 1160. The average Bonchev–Trinajstić information content (AvgIpc) is 3.41. The number of fused-ring (bicyclic) bond motifs is 7. The maximum atomic E-state index is 11.5. The smallest absolute Gasteiger partial charge is 0.303 e. The summed E-state index contributed by atoms with van der Waals surface area (Å²) in [7, 11) is 0. The van der Waals surface area contributed by atoms with Crippen LogP contribution in [0, 0.1) is 50.7 Å². The van der Waals surface area contributed by atoms with Crippen molar-refractivity contribution < 1.29 is 9.90 Å². The molecule has 6 unspecified atom stereocenters. The van der Waals surface area contributed by atoms with E-state index in [2.05, 4.69) is 82.8 Å². The first-order chi connectivity index (χ1) is 21.6. The van der Waals surface area contributed by atoms with Crippen LogP contribution in [0.4, 0.5) is 0 Å². The van der Waals surface area contributed by atoms with Crippen molar-refractivity contribution in [3.05, 3.63) is 11.6 Å². The van der Waals surface area contributed by atoms with Gasteiger partial charge in [-0.15, -0.1) is 0 Å². The van der Waals surface area contributed by atoms with Gasteiger partial charge in [0, 0.05) is 23.9 Å². The molecule has 4 saturated carbocycles. The first-order valence-corrected chi connectivity index (χ1v) is 20.8. The molecule has 5 aliphatic carbocycles. The summed E-state index contributed by atoms with van der Waals surface area (Å²) < 4.78 is 0. The van der Waals surface area contributed by atoms with E-state index in [-0.39, 0.29) is 17.3 Å². The van der Waals surface area contributed by atoms with E-state index in [0.29, 0.717) is 21.8 Å². The average molecular weight is 655 g/mol. The van der Waals surface area contributed by atoms with E-state index >= 15 is 0 Å². The second-order valence-electron chi connectivity index (χ2n) is 19.4. The molecule has 0 amide bonds. The zero-order valence-electron chi connectivity index (χ0n) is 31.1. The molecule has 0 aromatic carbocycles. The quantitative estimate of drug-likeness (QED) is 0.230. The summed E-state index contributed by atoms with van der Waals surface area (Å²) in [5.74, 6) is 2.58. The summed E-state index contributed by atoms with van der Waals surface area (Å²) in [5.41, 5.74) is 3.26. The normalized spacial score (nSPS) is 42.8. The van der Waals surface area contributed by atoms with Crippen molar-refractivity contribution in [3.63, 3.8) is 0 Å². The second-order valence-corrected chi connectivity index (χ2v) is 20.6. The molecule has 5 fully saturated rings. The van der Waals surface area contributed by atoms with Crippen LogP contribution < -0.4 is 5.32 Å². The van der Waals surface area contributed by atoms with Crippen molar-refractivity contribution in [2.75, 3.05) is 32.4 Å². The molecule has 0 bridgehead atoms. The standard InChI is InChI=1S/C41H70N2O2S/c1-36(2,28-35(44)45)19-13-29-14-20-38(5)33(37(29,3)4)15-21-40(7)34(38)12-11-31-32-10-9-18-41(32,23-22-39(31,40)6)42-24-27-43-25-16-30(46-8)17-26-43/h14,30-34,42H,9-13,15-28H2,1-8H3,(H,44,45)/t31?,32-,33?,34?,38?,39-,40?,41?/m1/s1. The van der Waals surface area contributed by atoms with E-state index in [1.54, 1.807) is 5.57 Å². The Balaban J connectivity index is 1.16. The lowest BCUT2D eigenvalue weighted by molar-refractivity contribution is -0.219. The van der Waals surface area contributed by atoms with Crippen molar-refractivity contribution in [2.45, 2.75) is 156 Å². The highest BCUT2D eigenvalue weighted by atomic mass is 32.2. The summed E-state index contributed by atoms with van der Waals surface area (Å²) in [6.45, 7) is 22.6. The molecule has 1 aliphatic heterocycles. The Kier molecular flexibility index (Phi) is 9.72. The van der Waals surface area contributed by atoms with Crippen LogP contribution in [-0.2, 0) is 4.79 Å². The molecule has 1 saturated heterocycles. The lowest BCUT2D eigenvalue weighted by atomic mass is 9.33. The Morgan fingerprint density at radius 3 is 2.37 bits per heavy atom. The summed E-state index contributed by atoms with van der Waals surface area (Å²) in [6.07, 6.45) is 23.9.